The largest absolute Gasteiger partial charge is 0.337 e. The second kappa shape index (κ2) is 6.64. The zero-order valence-corrected chi connectivity index (χ0v) is 14.4. The molecule has 1 heterocycles. The van der Waals surface area contributed by atoms with Crippen molar-refractivity contribution in [2.45, 2.75) is 51.2 Å². The van der Waals surface area contributed by atoms with E-state index in [4.69, 9.17) is 4.18 Å². The van der Waals surface area contributed by atoms with Gasteiger partial charge < -0.3 is 9.50 Å². The van der Waals surface area contributed by atoms with Crippen LogP contribution in [0.1, 0.15) is 46.5 Å². The van der Waals surface area contributed by atoms with Gasteiger partial charge in [0, 0.05) is 11.3 Å². The van der Waals surface area contributed by atoms with Crippen molar-refractivity contribution in [3.8, 4) is 0 Å². The van der Waals surface area contributed by atoms with Crippen LogP contribution in [-0.4, -0.2) is 37.0 Å². The van der Waals surface area contributed by atoms with E-state index in [9.17, 15) is 0 Å². The molecule has 1 saturated heterocycles. The van der Waals surface area contributed by atoms with Gasteiger partial charge in [0.15, 0.2) is 0 Å². The van der Waals surface area contributed by atoms with Crippen molar-refractivity contribution in [1.29, 1.82) is 0 Å². The van der Waals surface area contributed by atoms with Crippen LogP contribution >= 0.6 is 10.3 Å². The van der Waals surface area contributed by atoms with Crippen molar-refractivity contribution in [3.05, 3.63) is 12.7 Å². The van der Waals surface area contributed by atoms with E-state index in [-0.39, 0.29) is 4.75 Å². The summed E-state index contributed by atoms with van der Waals surface area (Å²) in [4.78, 5) is 0. The molecule has 0 aromatic heterocycles. The van der Waals surface area contributed by atoms with Crippen LogP contribution in [0.2, 0.25) is 0 Å². The first-order valence-electron chi connectivity index (χ1n) is 7.41. The van der Waals surface area contributed by atoms with Gasteiger partial charge in [-0.3, -0.25) is 0 Å². The van der Waals surface area contributed by atoms with Crippen molar-refractivity contribution < 1.29 is 4.18 Å². The third-order valence-electron chi connectivity index (χ3n) is 4.62. The monoisotopic (exact) mass is 287 g/mol. The smallest absolute Gasteiger partial charge is 0.0598 e. The Bertz CT molecular complexity index is 288. The molecule has 3 heteroatoms. The molecular formula is C16H33NOS. The number of allylic oxidation sites excluding steroid dienone is 1. The molecule has 1 N–H and O–H groups in total. The van der Waals surface area contributed by atoms with Gasteiger partial charge in [-0.25, -0.2) is 0 Å². The van der Waals surface area contributed by atoms with E-state index < -0.39 is 10.3 Å². The lowest BCUT2D eigenvalue weighted by Crippen LogP contribution is -2.40. The molecule has 0 aliphatic carbocycles. The molecule has 0 saturated carbocycles. The van der Waals surface area contributed by atoms with Gasteiger partial charge in [0.25, 0.3) is 0 Å². The normalized spacial score (nSPS) is 26.2. The van der Waals surface area contributed by atoms with Crippen molar-refractivity contribution >= 4 is 10.3 Å². The highest BCUT2D eigenvalue weighted by Gasteiger charge is 2.33. The van der Waals surface area contributed by atoms with E-state index in [1.807, 2.05) is 0 Å². The Balaban J connectivity index is 2.51. The zero-order chi connectivity index (χ0) is 14.6. The van der Waals surface area contributed by atoms with Crippen LogP contribution < -0.4 is 5.32 Å². The third-order valence-corrected chi connectivity index (χ3v) is 8.33. The molecule has 2 nitrogen and oxygen atoms in total. The number of hydrogen-bond donors (Lipinski definition) is 1. The van der Waals surface area contributed by atoms with Gasteiger partial charge in [-0.05, 0) is 50.2 Å². The average molecular weight is 288 g/mol. The van der Waals surface area contributed by atoms with E-state index in [0.717, 1.165) is 26.0 Å². The second-order valence-electron chi connectivity index (χ2n) is 7.19. The molecule has 0 aromatic rings. The van der Waals surface area contributed by atoms with E-state index >= 15 is 0 Å². The Morgan fingerprint density at radius 1 is 1.37 bits per heavy atom. The third kappa shape index (κ3) is 4.80. The van der Waals surface area contributed by atoms with Crippen molar-refractivity contribution in [1.82, 2.24) is 5.32 Å². The van der Waals surface area contributed by atoms with Gasteiger partial charge >= 0.3 is 0 Å². The first-order chi connectivity index (χ1) is 8.72. The SMILES string of the molecule is C=CC[C@]1(CCOS(C)(C)C(C)(C)C)CCCNC1. The second-order valence-corrected chi connectivity index (χ2v) is 11.1. The van der Waals surface area contributed by atoms with Crippen LogP contribution in [0.25, 0.3) is 0 Å². The molecule has 114 valence electrons. The standard InChI is InChI=1S/C16H33NOS/c1-7-9-16(10-8-12-17-14-16)11-13-18-19(5,6)15(2,3)4/h7,17H,1,8-14H2,2-6H3/t16-/m1/s1. The first-order valence-corrected chi connectivity index (χ1v) is 9.79. The molecule has 0 spiro atoms. The molecule has 19 heavy (non-hydrogen) atoms. The summed E-state index contributed by atoms with van der Waals surface area (Å²) in [5.41, 5.74) is 0.382. The molecule has 0 radical (unpaired) electrons. The van der Waals surface area contributed by atoms with E-state index in [1.165, 1.54) is 19.4 Å². The predicted molar refractivity (Wildman–Crippen MR) is 89.1 cm³/mol. The Labute approximate surface area is 121 Å². The Morgan fingerprint density at radius 3 is 2.53 bits per heavy atom. The molecule has 0 bridgehead atoms. The highest BCUT2D eigenvalue weighted by Crippen LogP contribution is 2.54. The highest BCUT2D eigenvalue weighted by atomic mass is 32.3. The molecule has 1 atom stereocenters. The van der Waals surface area contributed by atoms with Crippen molar-refractivity contribution in [3.63, 3.8) is 0 Å². The molecule has 0 unspecified atom stereocenters. The summed E-state index contributed by atoms with van der Waals surface area (Å²) in [6.45, 7) is 13.9. The molecule has 0 amide bonds. The van der Waals surface area contributed by atoms with Crippen LogP contribution in [-0.2, 0) is 4.18 Å². The quantitative estimate of drug-likeness (QED) is 0.742. The molecule has 1 rings (SSSR count). The van der Waals surface area contributed by atoms with Gasteiger partial charge in [0.05, 0.1) is 6.61 Å². The van der Waals surface area contributed by atoms with Crippen LogP contribution in [0.3, 0.4) is 0 Å². The summed E-state index contributed by atoms with van der Waals surface area (Å²) < 4.78 is 6.54. The predicted octanol–water partition coefficient (Wildman–Crippen LogP) is 4.12. The minimum atomic E-state index is -0.986. The number of nitrogens with one attached hydrogen (secondary N) is 1. The summed E-state index contributed by atoms with van der Waals surface area (Å²) in [6, 6.07) is 0. The molecular weight excluding hydrogens is 254 g/mol. The Morgan fingerprint density at radius 2 is 2.05 bits per heavy atom. The molecule has 1 aliphatic rings. The van der Waals surface area contributed by atoms with Crippen LogP contribution in [0, 0.1) is 5.41 Å². The van der Waals surface area contributed by atoms with Crippen molar-refractivity contribution in [2.24, 2.45) is 5.41 Å². The average Bonchev–Trinajstić information content (AvgIpc) is 2.28. The summed E-state index contributed by atoms with van der Waals surface area (Å²) >= 11 is 0. The molecule has 1 fully saturated rings. The number of hydrogen-bond acceptors (Lipinski definition) is 2. The summed E-state index contributed by atoms with van der Waals surface area (Å²) in [5.74, 6) is 0. The summed E-state index contributed by atoms with van der Waals surface area (Å²) in [7, 11) is -0.986. The topological polar surface area (TPSA) is 21.3 Å². The maximum Gasteiger partial charge on any atom is 0.0598 e. The van der Waals surface area contributed by atoms with Crippen LogP contribution in [0.4, 0.5) is 0 Å². The van der Waals surface area contributed by atoms with Crippen LogP contribution in [0.5, 0.6) is 0 Å². The highest BCUT2D eigenvalue weighted by molar-refractivity contribution is 8.29. The maximum atomic E-state index is 6.29. The number of piperidine rings is 1. The first kappa shape index (κ1) is 17.1. The zero-order valence-electron chi connectivity index (χ0n) is 13.6. The van der Waals surface area contributed by atoms with Gasteiger partial charge in [-0.1, -0.05) is 26.8 Å². The van der Waals surface area contributed by atoms with Gasteiger partial charge in [-0.15, -0.1) is 16.9 Å². The molecule has 0 aromatic carbocycles. The summed E-state index contributed by atoms with van der Waals surface area (Å²) in [5, 5.41) is 3.54. The minimum Gasteiger partial charge on any atom is -0.337 e. The Hall–Kier alpha value is 0.01000. The lowest BCUT2D eigenvalue weighted by Gasteiger charge is -2.45. The summed E-state index contributed by atoms with van der Waals surface area (Å²) in [6.07, 6.45) is 11.5. The van der Waals surface area contributed by atoms with Gasteiger partial charge in [-0.2, -0.15) is 0 Å². The fraction of sp³-hybridized carbons (Fsp3) is 0.875. The van der Waals surface area contributed by atoms with E-state index in [2.05, 4.69) is 51.3 Å². The fourth-order valence-corrected chi connectivity index (χ4v) is 3.32. The molecule has 1 aliphatic heterocycles. The van der Waals surface area contributed by atoms with E-state index in [1.54, 1.807) is 0 Å². The lowest BCUT2D eigenvalue weighted by molar-refractivity contribution is 0.159. The lowest BCUT2D eigenvalue weighted by atomic mass is 9.75. The minimum absolute atomic E-state index is 0.253. The van der Waals surface area contributed by atoms with Crippen molar-refractivity contribution in [2.75, 3.05) is 32.2 Å². The number of rotatable bonds is 6. The van der Waals surface area contributed by atoms with E-state index in [0.29, 0.717) is 5.41 Å². The van der Waals surface area contributed by atoms with Gasteiger partial charge in [0.2, 0.25) is 0 Å². The fourth-order valence-electron chi connectivity index (χ4n) is 2.47. The maximum absolute atomic E-state index is 6.29. The Kier molecular flexibility index (Phi) is 5.96. The van der Waals surface area contributed by atoms with Gasteiger partial charge in [0.1, 0.15) is 0 Å². The van der Waals surface area contributed by atoms with Crippen LogP contribution in [0.15, 0.2) is 12.7 Å².